The minimum absolute atomic E-state index is 0.747. The predicted molar refractivity (Wildman–Crippen MR) is 64.9 cm³/mol. The highest BCUT2D eigenvalue weighted by molar-refractivity contribution is 5.30. The van der Waals surface area contributed by atoms with Crippen LogP contribution in [0.3, 0.4) is 0 Å². The number of benzene rings is 1. The number of allylic oxidation sites excluding steroid dienone is 4. The number of aryl methyl sites for hydroxylation is 1. The van der Waals surface area contributed by atoms with Crippen LogP contribution in [0.4, 0.5) is 0 Å². The zero-order valence-electron chi connectivity index (χ0n) is 9.23. The standard InChI is InChI=1S/C14H16O/c1-4-6-7-13(5-2)15-14-10-8-12(3)9-11-14/h4-11H,2H2,1,3H3/b6-4-,13-7+. The van der Waals surface area contributed by atoms with E-state index >= 15 is 0 Å². The predicted octanol–water partition coefficient (Wildman–Crippen LogP) is 4.02. The van der Waals surface area contributed by atoms with Crippen LogP contribution in [0.15, 0.2) is 60.9 Å². The molecule has 0 spiro atoms. The summed E-state index contributed by atoms with van der Waals surface area (Å²) in [5, 5.41) is 0. The maximum Gasteiger partial charge on any atom is 0.127 e. The number of ether oxygens (including phenoxy) is 1. The summed E-state index contributed by atoms with van der Waals surface area (Å²) in [6, 6.07) is 7.93. The van der Waals surface area contributed by atoms with E-state index in [1.807, 2.05) is 56.3 Å². The van der Waals surface area contributed by atoms with Crippen LogP contribution < -0.4 is 4.74 Å². The summed E-state index contributed by atoms with van der Waals surface area (Å²) in [5.41, 5.74) is 1.22. The molecule has 0 aliphatic carbocycles. The van der Waals surface area contributed by atoms with E-state index in [0.29, 0.717) is 0 Å². The molecule has 0 aromatic heterocycles. The molecule has 78 valence electrons. The maximum absolute atomic E-state index is 5.61. The third kappa shape index (κ3) is 3.86. The second-order valence-electron chi connectivity index (χ2n) is 3.21. The van der Waals surface area contributed by atoms with Crippen molar-refractivity contribution in [2.45, 2.75) is 13.8 Å². The summed E-state index contributed by atoms with van der Waals surface area (Å²) in [7, 11) is 0. The molecule has 0 N–H and O–H groups in total. The van der Waals surface area contributed by atoms with Gasteiger partial charge in [0.25, 0.3) is 0 Å². The average Bonchev–Trinajstić information content (AvgIpc) is 2.27. The molecule has 0 atom stereocenters. The Morgan fingerprint density at radius 1 is 1.27 bits per heavy atom. The third-order valence-corrected chi connectivity index (χ3v) is 1.91. The van der Waals surface area contributed by atoms with E-state index in [0.717, 1.165) is 11.5 Å². The van der Waals surface area contributed by atoms with Gasteiger partial charge in [0.2, 0.25) is 0 Å². The molecule has 0 heterocycles. The van der Waals surface area contributed by atoms with Crippen LogP contribution >= 0.6 is 0 Å². The van der Waals surface area contributed by atoms with Crippen molar-refractivity contribution < 1.29 is 4.74 Å². The van der Waals surface area contributed by atoms with Gasteiger partial charge in [-0.3, -0.25) is 0 Å². The van der Waals surface area contributed by atoms with Gasteiger partial charge < -0.3 is 4.74 Å². The van der Waals surface area contributed by atoms with Crippen LogP contribution in [-0.4, -0.2) is 0 Å². The summed E-state index contributed by atoms with van der Waals surface area (Å²) in [5.74, 6) is 1.58. The lowest BCUT2D eigenvalue weighted by molar-refractivity contribution is 0.445. The first-order valence-corrected chi connectivity index (χ1v) is 4.96. The molecule has 1 nitrogen and oxygen atoms in total. The van der Waals surface area contributed by atoms with Gasteiger partial charge in [0.1, 0.15) is 11.5 Å². The van der Waals surface area contributed by atoms with Crippen LogP contribution in [0.25, 0.3) is 0 Å². The van der Waals surface area contributed by atoms with Gasteiger partial charge in [-0.1, -0.05) is 36.4 Å². The fourth-order valence-electron chi connectivity index (χ4n) is 1.08. The Kier molecular flexibility index (Phi) is 4.42. The first-order valence-electron chi connectivity index (χ1n) is 4.96. The molecule has 1 heteroatoms. The smallest absolute Gasteiger partial charge is 0.127 e. The van der Waals surface area contributed by atoms with E-state index in [-0.39, 0.29) is 0 Å². The molecule has 0 bridgehead atoms. The van der Waals surface area contributed by atoms with Gasteiger partial charge >= 0.3 is 0 Å². The van der Waals surface area contributed by atoms with Gasteiger partial charge in [0, 0.05) is 0 Å². The molecule has 0 unspecified atom stereocenters. The number of hydrogen-bond donors (Lipinski definition) is 0. The molecule has 0 amide bonds. The number of hydrogen-bond acceptors (Lipinski definition) is 1. The molecule has 0 aliphatic rings. The first kappa shape index (κ1) is 11.3. The zero-order chi connectivity index (χ0) is 11.1. The average molecular weight is 200 g/mol. The van der Waals surface area contributed by atoms with Crippen molar-refractivity contribution in [1.82, 2.24) is 0 Å². The van der Waals surface area contributed by atoms with E-state index in [2.05, 4.69) is 6.58 Å². The largest absolute Gasteiger partial charge is 0.457 e. The Morgan fingerprint density at radius 2 is 1.93 bits per heavy atom. The summed E-state index contributed by atoms with van der Waals surface area (Å²) in [6.07, 6.45) is 7.44. The normalized spacial score (nSPS) is 11.7. The third-order valence-electron chi connectivity index (χ3n) is 1.91. The van der Waals surface area contributed by atoms with Crippen LogP contribution in [0.5, 0.6) is 5.75 Å². The Labute approximate surface area is 91.4 Å². The van der Waals surface area contributed by atoms with Gasteiger partial charge in [-0.25, -0.2) is 0 Å². The van der Waals surface area contributed by atoms with E-state index in [1.54, 1.807) is 6.08 Å². The molecule has 15 heavy (non-hydrogen) atoms. The molecule has 0 radical (unpaired) electrons. The molecule has 0 fully saturated rings. The quantitative estimate of drug-likeness (QED) is 0.527. The van der Waals surface area contributed by atoms with Crippen molar-refractivity contribution in [1.29, 1.82) is 0 Å². The lowest BCUT2D eigenvalue weighted by atomic mass is 10.2. The summed E-state index contributed by atoms with van der Waals surface area (Å²) in [6.45, 7) is 7.71. The Morgan fingerprint density at radius 3 is 2.47 bits per heavy atom. The topological polar surface area (TPSA) is 9.23 Å². The zero-order valence-corrected chi connectivity index (χ0v) is 9.23. The van der Waals surface area contributed by atoms with Crippen molar-refractivity contribution >= 4 is 0 Å². The first-order chi connectivity index (χ1) is 7.26. The van der Waals surface area contributed by atoms with Crippen LogP contribution in [0.1, 0.15) is 12.5 Å². The van der Waals surface area contributed by atoms with Crippen molar-refractivity contribution in [2.24, 2.45) is 0 Å². The molecule has 1 aromatic rings. The Hall–Kier alpha value is -1.76. The van der Waals surface area contributed by atoms with Gasteiger partial charge in [0.15, 0.2) is 0 Å². The minimum atomic E-state index is 0.747. The summed E-state index contributed by atoms with van der Waals surface area (Å²) >= 11 is 0. The Balaban J connectivity index is 2.75. The highest BCUT2D eigenvalue weighted by Gasteiger charge is 1.94. The van der Waals surface area contributed by atoms with Gasteiger partial charge in [-0.2, -0.15) is 0 Å². The second-order valence-corrected chi connectivity index (χ2v) is 3.21. The fraction of sp³-hybridized carbons (Fsp3) is 0.143. The lowest BCUT2D eigenvalue weighted by Gasteiger charge is -2.05. The summed E-state index contributed by atoms with van der Waals surface area (Å²) in [4.78, 5) is 0. The Bertz CT molecular complexity index is 369. The van der Waals surface area contributed by atoms with Gasteiger partial charge in [0.05, 0.1) is 0 Å². The molecule has 0 saturated heterocycles. The SMILES string of the molecule is C=C/C(=C\C=C/C)Oc1ccc(C)cc1. The van der Waals surface area contributed by atoms with Crippen molar-refractivity contribution in [3.05, 3.63) is 66.5 Å². The fourth-order valence-corrected chi connectivity index (χ4v) is 1.08. The van der Waals surface area contributed by atoms with Crippen molar-refractivity contribution in [2.75, 3.05) is 0 Å². The van der Waals surface area contributed by atoms with Crippen molar-refractivity contribution in [3.8, 4) is 5.75 Å². The monoisotopic (exact) mass is 200 g/mol. The van der Waals surface area contributed by atoms with Gasteiger partial charge in [-0.05, 0) is 38.1 Å². The van der Waals surface area contributed by atoms with Gasteiger partial charge in [-0.15, -0.1) is 0 Å². The lowest BCUT2D eigenvalue weighted by Crippen LogP contribution is -1.91. The highest BCUT2D eigenvalue weighted by Crippen LogP contribution is 2.15. The highest BCUT2D eigenvalue weighted by atomic mass is 16.5. The molecular formula is C14H16O. The molecule has 0 aliphatic heterocycles. The van der Waals surface area contributed by atoms with Crippen LogP contribution in [0.2, 0.25) is 0 Å². The molecular weight excluding hydrogens is 184 g/mol. The molecule has 0 saturated carbocycles. The van der Waals surface area contributed by atoms with Crippen LogP contribution in [0, 0.1) is 6.92 Å². The summed E-state index contributed by atoms with van der Waals surface area (Å²) < 4.78 is 5.61. The minimum Gasteiger partial charge on any atom is -0.457 e. The maximum atomic E-state index is 5.61. The van der Waals surface area contributed by atoms with Crippen molar-refractivity contribution in [3.63, 3.8) is 0 Å². The molecule has 1 aromatic carbocycles. The van der Waals surface area contributed by atoms with E-state index in [1.165, 1.54) is 5.56 Å². The molecule has 1 rings (SSSR count). The number of rotatable bonds is 4. The van der Waals surface area contributed by atoms with Crippen LogP contribution in [-0.2, 0) is 0 Å². The second kappa shape index (κ2) is 5.86. The van der Waals surface area contributed by atoms with E-state index in [9.17, 15) is 0 Å². The van der Waals surface area contributed by atoms with E-state index in [4.69, 9.17) is 4.74 Å². The van der Waals surface area contributed by atoms with E-state index < -0.39 is 0 Å².